The zero-order valence-electron chi connectivity index (χ0n) is 22.1. The average Bonchev–Trinajstić information content (AvgIpc) is 3.32. The third kappa shape index (κ3) is 20.6. The highest BCUT2D eigenvalue weighted by atomic mass is 16.6. The van der Waals surface area contributed by atoms with E-state index in [1.165, 1.54) is 30.7 Å². The lowest BCUT2D eigenvalue weighted by molar-refractivity contribution is -0.150. The van der Waals surface area contributed by atoms with Crippen LogP contribution in [-0.2, 0) is 14.3 Å². The third-order valence-corrected chi connectivity index (χ3v) is 4.07. The lowest BCUT2D eigenvalue weighted by Crippen LogP contribution is -2.20. The summed E-state index contributed by atoms with van der Waals surface area (Å²) in [6, 6.07) is 15.2. The first-order valence-corrected chi connectivity index (χ1v) is 11.4. The number of hydrogen-bond donors (Lipinski definition) is 6. The third-order valence-electron chi connectivity index (χ3n) is 4.07. The molecule has 1 aliphatic rings. The maximum Gasteiger partial charge on any atom is 0.338 e. The van der Waals surface area contributed by atoms with Gasteiger partial charge in [-0.05, 0) is 30.7 Å². The number of hydrogen-bond acceptors (Lipinski definition) is 9. The van der Waals surface area contributed by atoms with E-state index in [1.54, 1.807) is 13.8 Å². The summed E-state index contributed by atoms with van der Waals surface area (Å²) >= 11 is 0. The quantitative estimate of drug-likeness (QED) is 0.229. The van der Waals surface area contributed by atoms with E-state index in [4.69, 9.17) is 30.6 Å². The molecule has 0 saturated heterocycles. The molecule has 11 nitrogen and oxygen atoms in total. The minimum atomic E-state index is -1.13. The fraction of sp³-hybridized carbons (Fsp3) is 0.286. The molecule has 1 aliphatic heterocycles. The highest BCUT2D eigenvalue weighted by Gasteiger charge is 2.13. The van der Waals surface area contributed by atoms with Gasteiger partial charge in [0.05, 0.1) is 37.1 Å². The molecule has 0 bridgehead atoms. The summed E-state index contributed by atoms with van der Waals surface area (Å²) in [5, 5.41) is 49.9. The van der Waals surface area contributed by atoms with E-state index in [-0.39, 0.29) is 36.4 Å². The van der Waals surface area contributed by atoms with Gasteiger partial charge in [0.15, 0.2) is 0 Å². The molecule has 0 fully saturated rings. The first-order valence-electron chi connectivity index (χ1n) is 11.4. The fourth-order valence-corrected chi connectivity index (χ4v) is 1.73. The molecule has 0 amide bonds. The summed E-state index contributed by atoms with van der Waals surface area (Å²) in [5.41, 5.74) is 0.831. The van der Waals surface area contributed by atoms with Gasteiger partial charge in [-0.3, -0.25) is 0 Å². The van der Waals surface area contributed by atoms with Crippen LogP contribution in [0.2, 0.25) is 0 Å². The van der Waals surface area contributed by atoms with Crippen LogP contribution in [-0.4, -0.2) is 80.4 Å². The van der Waals surface area contributed by atoms with E-state index < -0.39 is 30.0 Å². The van der Waals surface area contributed by atoms with E-state index in [0.717, 1.165) is 18.2 Å². The van der Waals surface area contributed by atoms with Gasteiger partial charge in [0.2, 0.25) is 0 Å². The van der Waals surface area contributed by atoms with Crippen molar-refractivity contribution in [3.8, 4) is 0 Å². The monoisotopic (exact) mass is 548 g/mol. The number of rotatable bonds is 6. The van der Waals surface area contributed by atoms with Crippen molar-refractivity contribution in [3.63, 3.8) is 0 Å². The first-order chi connectivity index (χ1) is 18.2. The number of carboxylic acid groups (broad SMARTS) is 2. The molecule has 0 radical (unpaired) electrons. The molecule has 6 N–H and O–H groups in total. The Morgan fingerprint density at radius 1 is 0.872 bits per heavy atom. The van der Waals surface area contributed by atoms with Gasteiger partial charge in [-0.2, -0.15) is 0 Å². The van der Waals surface area contributed by atoms with Crippen LogP contribution in [0.3, 0.4) is 0 Å². The lowest BCUT2D eigenvalue weighted by Gasteiger charge is -2.16. The highest BCUT2D eigenvalue weighted by Crippen LogP contribution is 2.10. The van der Waals surface area contributed by atoms with E-state index in [0.29, 0.717) is 0 Å². The predicted octanol–water partition coefficient (Wildman–Crippen LogP) is 2.40. The maximum absolute atomic E-state index is 10.4. The largest absolute Gasteiger partial charge is 0.478 e. The van der Waals surface area contributed by atoms with Crippen molar-refractivity contribution in [2.45, 2.75) is 26.9 Å². The number of aromatic carboxylic acids is 2. The summed E-state index contributed by atoms with van der Waals surface area (Å²) in [5.74, 6) is -3.41. The smallest absolute Gasteiger partial charge is 0.338 e. The predicted molar refractivity (Wildman–Crippen MR) is 144 cm³/mol. The van der Waals surface area contributed by atoms with Crippen molar-refractivity contribution in [2.75, 3.05) is 19.8 Å². The molecule has 39 heavy (non-hydrogen) atoms. The van der Waals surface area contributed by atoms with Crippen LogP contribution in [0.1, 0.15) is 47.1 Å². The maximum atomic E-state index is 10.4. The number of cyclic esters (lactones) is 2. The zero-order chi connectivity index (χ0) is 30.4. The molecule has 0 aliphatic carbocycles. The number of aliphatic hydroxyl groups excluding tert-OH is 4. The summed E-state index contributed by atoms with van der Waals surface area (Å²) in [4.78, 5) is 40.6. The molecular weight excluding hydrogens is 512 g/mol. The molecular formula is C28H36O11. The van der Waals surface area contributed by atoms with Crippen molar-refractivity contribution >= 4 is 30.0 Å². The average molecular weight is 549 g/mol. The van der Waals surface area contributed by atoms with Gasteiger partial charge in [0.25, 0.3) is 0 Å². The highest BCUT2D eigenvalue weighted by molar-refractivity contribution is 6.04. The standard InChI is InChI=1S/C8H6O4.C8H8.C5H12O2.C4H2O3.C3H8O2/c9-7(10)5-2-1-3-6(4-5)8(11)12;1-2-8-6-4-3-5-7-8;1-5(2,3-6)4-7;5-3-1-2-4(6)7-3;1-3(5)2-4/h1-4H,(H,9,10)(H,11,12);2-7H,1H2;6-7H,3-4H2,1-2H3;1-2H;3-5H,2H2,1H3. The normalized spacial score (nSPS) is 11.9. The van der Waals surface area contributed by atoms with Gasteiger partial charge in [-0.1, -0.05) is 62.9 Å². The SMILES string of the molecule is C=Cc1ccccc1.CC(C)(CO)CO.CC(O)CO.O=C(O)c1cccc(C(=O)O)c1.O=C1C=CC(=O)O1. The van der Waals surface area contributed by atoms with Crippen molar-refractivity contribution < 1.29 is 54.6 Å². The Morgan fingerprint density at radius 2 is 1.28 bits per heavy atom. The molecule has 1 atom stereocenters. The molecule has 3 rings (SSSR count). The summed E-state index contributed by atoms with van der Waals surface area (Å²) in [6.07, 6.45) is 3.44. The van der Waals surface area contributed by atoms with Crippen molar-refractivity contribution in [3.05, 3.63) is 90.0 Å². The molecule has 0 spiro atoms. The van der Waals surface area contributed by atoms with Crippen LogP contribution in [0.5, 0.6) is 0 Å². The Kier molecular flexibility index (Phi) is 19.8. The summed E-state index contributed by atoms with van der Waals surface area (Å²) in [6.45, 7) is 8.71. The lowest BCUT2D eigenvalue weighted by atomic mass is 9.97. The Labute approximate surface area is 226 Å². The summed E-state index contributed by atoms with van der Waals surface area (Å²) < 4.78 is 3.97. The van der Waals surface area contributed by atoms with Crippen LogP contribution in [0.15, 0.2) is 73.3 Å². The van der Waals surface area contributed by atoms with Crippen molar-refractivity contribution in [2.24, 2.45) is 5.41 Å². The number of carboxylic acids is 2. The topological polar surface area (TPSA) is 199 Å². The Morgan fingerprint density at radius 3 is 1.49 bits per heavy atom. The second-order valence-corrected chi connectivity index (χ2v) is 8.39. The number of esters is 2. The molecule has 1 heterocycles. The molecule has 1 unspecified atom stereocenters. The van der Waals surface area contributed by atoms with E-state index >= 15 is 0 Å². The van der Waals surface area contributed by atoms with Gasteiger partial charge < -0.3 is 35.4 Å². The van der Waals surface area contributed by atoms with Gasteiger partial charge in [0.1, 0.15) is 0 Å². The van der Waals surface area contributed by atoms with Gasteiger partial charge in [0, 0.05) is 17.6 Å². The van der Waals surface area contributed by atoms with Gasteiger partial charge in [-0.15, -0.1) is 0 Å². The van der Waals surface area contributed by atoms with Crippen molar-refractivity contribution in [1.29, 1.82) is 0 Å². The van der Waals surface area contributed by atoms with Crippen LogP contribution < -0.4 is 0 Å². The number of benzene rings is 2. The molecule has 11 heteroatoms. The minimum absolute atomic E-state index is 0.0186. The fourth-order valence-electron chi connectivity index (χ4n) is 1.73. The zero-order valence-corrected chi connectivity index (χ0v) is 22.1. The molecule has 2 aromatic carbocycles. The second kappa shape index (κ2) is 20.8. The Hall–Kier alpha value is -4.16. The van der Waals surface area contributed by atoms with Crippen LogP contribution in [0, 0.1) is 5.41 Å². The minimum Gasteiger partial charge on any atom is -0.478 e. The molecule has 2 aromatic rings. The second-order valence-electron chi connectivity index (χ2n) is 8.39. The Bertz CT molecular complexity index is 1010. The van der Waals surface area contributed by atoms with E-state index in [1.807, 2.05) is 36.4 Å². The van der Waals surface area contributed by atoms with Crippen LogP contribution in [0.25, 0.3) is 6.08 Å². The van der Waals surface area contributed by atoms with Gasteiger partial charge >= 0.3 is 23.9 Å². The number of ether oxygens (including phenoxy) is 1. The van der Waals surface area contributed by atoms with E-state index in [2.05, 4.69) is 11.3 Å². The molecule has 0 saturated carbocycles. The first kappa shape index (κ1) is 37.0. The molecule has 214 valence electrons. The summed E-state index contributed by atoms with van der Waals surface area (Å²) in [7, 11) is 0. The van der Waals surface area contributed by atoms with E-state index in [9.17, 15) is 19.2 Å². The van der Waals surface area contributed by atoms with Crippen LogP contribution >= 0.6 is 0 Å². The van der Waals surface area contributed by atoms with Gasteiger partial charge in [-0.25, -0.2) is 19.2 Å². The number of carbonyl (C=O) groups is 4. The molecule has 0 aromatic heterocycles. The van der Waals surface area contributed by atoms with Crippen LogP contribution in [0.4, 0.5) is 0 Å². The number of carbonyl (C=O) groups excluding carboxylic acids is 2. The Balaban J connectivity index is 0. The number of aliphatic hydroxyl groups is 4. The van der Waals surface area contributed by atoms with Crippen molar-refractivity contribution in [1.82, 2.24) is 0 Å².